The van der Waals surface area contributed by atoms with Gasteiger partial charge in [-0.2, -0.15) is 0 Å². The molecule has 0 bridgehead atoms. The molecule has 1 fully saturated rings. The number of rotatable bonds is 7. The lowest BCUT2D eigenvalue weighted by atomic mass is 10.1. The summed E-state index contributed by atoms with van der Waals surface area (Å²) >= 11 is 2.77. The first kappa shape index (κ1) is 22.9. The Kier molecular flexibility index (Phi) is 6.57. The number of thioether (sulfide) groups is 1. The van der Waals surface area contributed by atoms with Crippen LogP contribution in [0, 0.1) is 6.92 Å². The summed E-state index contributed by atoms with van der Waals surface area (Å²) in [6, 6.07) is 8.12. The van der Waals surface area contributed by atoms with E-state index in [2.05, 4.69) is 26.5 Å². The normalized spacial score (nSPS) is 15.4. The summed E-state index contributed by atoms with van der Waals surface area (Å²) in [6.45, 7) is 4.77. The number of aryl methyl sites for hydroxylation is 2. The predicted octanol–water partition coefficient (Wildman–Crippen LogP) is 2.79. The lowest BCUT2D eigenvalue weighted by Gasteiger charge is -2.28. The molecule has 3 N–H and O–H groups in total. The minimum Gasteiger partial charge on any atom is -0.378 e. The van der Waals surface area contributed by atoms with E-state index in [0.717, 1.165) is 60.0 Å². The zero-order chi connectivity index (χ0) is 23.7. The summed E-state index contributed by atoms with van der Waals surface area (Å²) < 4.78 is 7.48. The van der Waals surface area contributed by atoms with E-state index >= 15 is 0 Å². The van der Waals surface area contributed by atoms with Gasteiger partial charge < -0.3 is 20.7 Å². The van der Waals surface area contributed by atoms with Crippen LogP contribution in [0.5, 0.6) is 0 Å². The highest BCUT2D eigenvalue weighted by Crippen LogP contribution is 2.39. The van der Waals surface area contributed by atoms with Crippen LogP contribution in [-0.4, -0.2) is 58.6 Å². The number of thiophene rings is 1. The number of morpholine rings is 1. The minimum absolute atomic E-state index is 0.133. The Morgan fingerprint density at radius 2 is 2.06 bits per heavy atom. The Morgan fingerprint density at radius 1 is 1.24 bits per heavy atom. The highest BCUT2D eigenvalue weighted by molar-refractivity contribution is 7.99. The van der Waals surface area contributed by atoms with E-state index in [0.29, 0.717) is 28.9 Å². The van der Waals surface area contributed by atoms with Crippen LogP contribution < -0.4 is 16.0 Å². The van der Waals surface area contributed by atoms with E-state index in [-0.39, 0.29) is 11.7 Å². The fourth-order valence-corrected chi connectivity index (χ4v) is 6.42. The second-order valence-electron chi connectivity index (χ2n) is 8.32. The monoisotopic (exact) mass is 498 g/mol. The summed E-state index contributed by atoms with van der Waals surface area (Å²) in [5.74, 6) is 0.173. The third-order valence-electron chi connectivity index (χ3n) is 5.92. The van der Waals surface area contributed by atoms with Gasteiger partial charge in [0.25, 0.3) is 5.91 Å². The number of primary amides is 1. The third kappa shape index (κ3) is 4.55. The molecule has 0 atom stereocenters. The van der Waals surface area contributed by atoms with Gasteiger partial charge in [-0.15, -0.1) is 21.5 Å². The van der Waals surface area contributed by atoms with Gasteiger partial charge in [-0.05, 0) is 49.4 Å². The van der Waals surface area contributed by atoms with Crippen LogP contribution in [0.1, 0.15) is 32.8 Å². The van der Waals surface area contributed by atoms with Crippen molar-refractivity contribution >= 4 is 45.9 Å². The highest BCUT2D eigenvalue weighted by Gasteiger charge is 2.27. The first-order chi connectivity index (χ1) is 16.5. The smallest absolute Gasteiger partial charge is 0.251 e. The van der Waals surface area contributed by atoms with Crippen molar-refractivity contribution in [3.63, 3.8) is 0 Å². The number of ether oxygens (including phenoxy) is 1. The molecule has 0 unspecified atom stereocenters. The van der Waals surface area contributed by atoms with E-state index < -0.39 is 5.91 Å². The quantitative estimate of drug-likeness (QED) is 0.481. The average Bonchev–Trinajstić information content (AvgIpc) is 3.52. The van der Waals surface area contributed by atoms with Crippen LogP contribution in [0.2, 0.25) is 0 Å². The summed E-state index contributed by atoms with van der Waals surface area (Å²) in [5.41, 5.74) is 9.15. The Labute approximate surface area is 205 Å². The number of nitrogens with zero attached hydrogens (tertiary/aromatic N) is 4. The van der Waals surface area contributed by atoms with Gasteiger partial charge in [0.2, 0.25) is 11.9 Å². The number of nitrogens with one attached hydrogen (secondary N) is 1. The van der Waals surface area contributed by atoms with Crippen molar-refractivity contribution in [3.8, 4) is 5.69 Å². The summed E-state index contributed by atoms with van der Waals surface area (Å²) in [7, 11) is 0. The molecule has 0 spiro atoms. The van der Waals surface area contributed by atoms with Crippen LogP contribution >= 0.6 is 23.1 Å². The third-order valence-corrected chi connectivity index (χ3v) is 8.06. The number of anilines is 2. The van der Waals surface area contributed by atoms with Gasteiger partial charge in [0, 0.05) is 18.0 Å². The Bertz CT molecular complexity index is 1230. The van der Waals surface area contributed by atoms with E-state index in [1.807, 2.05) is 29.7 Å². The first-order valence-corrected chi connectivity index (χ1v) is 13.0. The molecule has 1 aliphatic heterocycles. The highest BCUT2D eigenvalue weighted by atomic mass is 32.2. The molecule has 5 rings (SSSR count). The van der Waals surface area contributed by atoms with Gasteiger partial charge in [0.05, 0.1) is 30.2 Å². The van der Waals surface area contributed by atoms with Crippen LogP contribution in [0.3, 0.4) is 0 Å². The number of aromatic nitrogens is 3. The number of hydrogen-bond donors (Lipinski definition) is 2. The average molecular weight is 499 g/mol. The molecular weight excluding hydrogens is 472 g/mol. The van der Waals surface area contributed by atoms with E-state index in [9.17, 15) is 9.59 Å². The minimum atomic E-state index is -0.489. The number of nitrogens with two attached hydrogens (primary N) is 1. The van der Waals surface area contributed by atoms with E-state index in [4.69, 9.17) is 10.5 Å². The fourth-order valence-electron chi connectivity index (χ4n) is 4.36. The molecule has 2 amide bonds. The molecule has 0 saturated carbocycles. The number of amides is 2. The van der Waals surface area contributed by atoms with Gasteiger partial charge >= 0.3 is 0 Å². The van der Waals surface area contributed by atoms with E-state index in [1.165, 1.54) is 23.1 Å². The zero-order valence-electron chi connectivity index (χ0n) is 18.9. The van der Waals surface area contributed by atoms with Gasteiger partial charge in [0.15, 0.2) is 5.16 Å². The van der Waals surface area contributed by atoms with Crippen molar-refractivity contribution in [2.24, 2.45) is 5.73 Å². The maximum absolute atomic E-state index is 12.8. The lowest BCUT2D eigenvalue weighted by Crippen LogP contribution is -2.37. The van der Waals surface area contributed by atoms with Crippen molar-refractivity contribution in [1.82, 2.24) is 14.8 Å². The van der Waals surface area contributed by atoms with Crippen LogP contribution in [0.15, 0.2) is 29.4 Å². The SMILES string of the molecule is Cc1cccc(-n2c(SCC(=O)Nc3sc4c(c3C(N)=O)CCC4)nnc2N2CCOCC2)c1. The van der Waals surface area contributed by atoms with Crippen molar-refractivity contribution < 1.29 is 14.3 Å². The fraction of sp³-hybridized carbons (Fsp3) is 0.391. The summed E-state index contributed by atoms with van der Waals surface area (Å²) in [6.07, 6.45) is 2.78. The maximum Gasteiger partial charge on any atom is 0.251 e. The van der Waals surface area contributed by atoms with Gasteiger partial charge in [0.1, 0.15) is 5.00 Å². The van der Waals surface area contributed by atoms with E-state index in [1.54, 1.807) is 0 Å². The zero-order valence-corrected chi connectivity index (χ0v) is 20.5. The molecule has 2 aliphatic rings. The predicted molar refractivity (Wildman–Crippen MR) is 133 cm³/mol. The maximum atomic E-state index is 12.8. The molecule has 178 valence electrons. The van der Waals surface area contributed by atoms with Gasteiger partial charge in [-0.25, -0.2) is 0 Å². The Morgan fingerprint density at radius 3 is 2.82 bits per heavy atom. The van der Waals surface area contributed by atoms with Gasteiger partial charge in [-0.3, -0.25) is 14.2 Å². The Balaban J connectivity index is 1.36. The first-order valence-electron chi connectivity index (χ1n) is 11.2. The number of carbonyl (C=O) groups is 2. The number of hydrogen-bond acceptors (Lipinski definition) is 8. The molecule has 9 nitrogen and oxygen atoms in total. The molecular formula is C23H26N6O3S2. The summed E-state index contributed by atoms with van der Waals surface area (Å²) in [4.78, 5) is 28.2. The number of fused-ring (bicyclic) bond motifs is 1. The largest absolute Gasteiger partial charge is 0.378 e. The van der Waals surface area contributed by atoms with Crippen molar-refractivity contribution in [2.45, 2.75) is 31.3 Å². The molecule has 0 radical (unpaired) electrons. The van der Waals surface area contributed by atoms with Crippen molar-refractivity contribution in [3.05, 3.63) is 45.8 Å². The second-order valence-corrected chi connectivity index (χ2v) is 10.4. The molecule has 1 aromatic carbocycles. The molecule has 1 aliphatic carbocycles. The molecule has 3 aromatic rings. The molecule has 34 heavy (non-hydrogen) atoms. The lowest BCUT2D eigenvalue weighted by molar-refractivity contribution is -0.113. The topological polar surface area (TPSA) is 115 Å². The Hall–Kier alpha value is -2.89. The van der Waals surface area contributed by atoms with Gasteiger partial charge in [-0.1, -0.05) is 23.9 Å². The van der Waals surface area contributed by atoms with Crippen LogP contribution in [0.4, 0.5) is 10.9 Å². The molecule has 2 aromatic heterocycles. The molecule has 1 saturated heterocycles. The standard InChI is InChI=1S/C23H26N6O3S2/c1-14-4-2-5-15(12-14)29-22(28-8-10-32-11-9-28)26-27-23(29)33-13-18(30)25-21-19(20(24)31)16-6-3-7-17(16)34-21/h2,4-5,12H,3,6-11,13H2,1H3,(H2,24,31)(H,25,30). The van der Waals surface area contributed by atoms with Crippen LogP contribution in [-0.2, 0) is 22.4 Å². The van der Waals surface area contributed by atoms with Crippen LogP contribution in [0.25, 0.3) is 5.69 Å². The second kappa shape index (κ2) is 9.77. The number of carbonyl (C=O) groups excluding carboxylic acids is 2. The van der Waals surface area contributed by atoms with Crippen molar-refractivity contribution in [2.75, 3.05) is 42.3 Å². The number of benzene rings is 1. The molecule has 11 heteroatoms. The van der Waals surface area contributed by atoms with Crippen molar-refractivity contribution in [1.29, 1.82) is 0 Å². The molecule has 3 heterocycles. The summed E-state index contributed by atoms with van der Waals surface area (Å²) in [5, 5.41) is 12.9.